The average Bonchev–Trinajstić information content (AvgIpc) is 2.89. The summed E-state index contributed by atoms with van der Waals surface area (Å²) >= 11 is 0. The van der Waals surface area contributed by atoms with Crippen molar-refractivity contribution >= 4 is 0 Å². The number of hydrogen-bond donors (Lipinski definition) is 0. The number of methoxy groups -OCH3 is 1. The largest absolute Gasteiger partial charge is 0.381 e. The first-order valence-electron chi connectivity index (χ1n) is 16.2. The zero-order valence-corrected chi connectivity index (χ0v) is 23.6. The molecule has 4 saturated carbocycles. The van der Waals surface area contributed by atoms with Crippen LogP contribution in [0.1, 0.15) is 143 Å². The van der Waals surface area contributed by atoms with E-state index in [1.54, 1.807) is 19.3 Å². The molecule has 198 valence electrons. The Hall–Kier alpha value is -0.0400. The molecule has 0 saturated heterocycles. The van der Waals surface area contributed by atoms with Gasteiger partial charge in [0, 0.05) is 7.11 Å². The predicted octanol–water partition coefficient (Wildman–Crippen LogP) is 10.1. The molecule has 4 rings (SSSR count). The standard InChI is InChI=1S/C33H60O/c1-5-8-24-10-14-27(15-11-24)29-19-18-26(7-3)31(22-29)32-23-30(20-21-33(32)34-4)28-16-12-25(9-6-2)13-17-28/h24-33H,5-23H2,1-4H3. The molecule has 0 spiro atoms. The molecule has 0 amide bonds. The topological polar surface area (TPSA) is 9.23 Å². The summed E-state index contributed by atoms with van der Waals surface area (Å²) in [5.74, 6) is 8.96. The van der Waals surface area contributed by atoms with Crippen molar-refractivity contribution in [1.29, 1.82) is 0 Å². The van der Waals surface area contributed by atoms with Crippen LogP contribution in [0.3, 0.4) is 0 Å². The Morgan fingerprint density at radius 1 is 0.529 bits per heavy atom. The number of ether oxygens (including phenoxy) is 1. The van der Waals surface area contributed by atoms with E-state index in [1.807, 2.05) is 7.11 Å². The lowest BCUT2D eigenvalue weighted by Gasteiger charge is -2.49. The van der Waals surface area contributed by atoms with Gasteiger partial charge in [-0.15, -0.1) is 0 Å². The maximum atomic E-state index is 6.26. The van der Waals surface area contributed by atoms with Gasteiger partial charge in [-0.3, -0.25) is 0 Å². The van der Waals surface area contributed by atoms with Crippen molar-refractivity contribution in [2.45, 2.75) is 149 Å². The third-order valence-electron chi connectivity index (χ3n) is 11.9. The third-order valence-corrected chi connectivity index (χ3v) is 11.9. The van der Waals surface area contributed by atoms with Gasteiger partial charge in [0.05, 0.1) is 6.10 Å². The summed E-state index contributed by atoms with van der Waals surface area (Å²) in [7, 11) is 2.03. The predicted molar refractivity (Wildman–Crippen MR) is 147 cm³/mol. The molecule has 4 aliphatic rings. The zero-order chi connectivity index (χ0) is 23.9. The molecule has 0 aromatic carbocycles. The molecule has 6 atom stereocenters. The fraction of sp³-hybridized carbons (Fsp3) is 1.00. The average molecular weight is 473 g/mol. The highest BCUT2D eigenvalue weighted by atomic mass is 16.5. The Morgan fingerprint density at radius 3 is 1.47 bits per heavy atom. The lowest BCUT2D eigenvalue weighted by molar-refractivity contribution is -0.0602. The van der Waals surface area contributed by atoms with Gasteiger partial charge < -0.3 is 4.74 Å². The van der Waals surface area contributed by atoms with Crippen LogP contribution in [0, 0.1) is 53.3 Å². The van der Waals surface area contributed by atoms with Gasteiger partial charge in [-0.1, -0.05) is 78.6 Å². The first kappa shape index (κ1) is 27.0. The van der Waals surface area contributed by atoms with Crippen molar-refractivity contribution in [2.24, 2.45) is 53.3 Å². The minimum atomic E-state index is 0.547. The SMILES string of the molecule is CCCC1CCC(C2CCC(CC)C(C3CC(C4CCC(CCC)CC4)CCC3OC)C2)CC1. The molecule has 0 N–H and O–H groups in total. The molecule has 0 bridgehead atoms. The van der Waals surface area contributed by atoms with E-state index in [2.05, 4.69) is 20.8 Å². The van der Waals surface area contributed by atoms with E-state index in [4.69, 9.17) is 4.74 Å². The molecule has 4 fully saturated rings. The van der Waals surface area contributed by atoms with Crippen molar-refractivity contribution < 1.29 is 4.74 Å². The van der Waals surface area contributed by atoms with Crippen LogP contribution < -0.4 is 0 Å². The molecule has 34 heavy (non-hydrogen) atoms. The first-order valence-corrected chi connectivity index (χ1v) is 16.2. The summed E-state index contributed by atoms with van der Waals surface area (Å²) in [4.78, 5) is 0. The molecule has 0 heterocycles. The van der Waals surface area contributed by atoms with E-state index in [0.29, 0.717) is 6.10 Å². The molecule has 0 aromatic heterocycles. The zero-order valence-electron chi connectivity index (χ0n) is 23.6. The summed E-state index contributed by atoms with van der Waals surface area (Å²) in [5, 5.41) is 0. The molecule has 6 unspecified atom stereocenters. The molecule has 0 aliphatic heterocycles. The second-order valence-electron chi connectivity index (χ2n) is 13.6. The van der Waals surface area contributed by atoms with Crippen molar-refractivity contribution in [2.75, 3.05) is 7.11 Å². The summed E-state index contributed by atoms with van der Waals surface area (Å²) in [5.41, 5.74) is 0. The van der Waals surface area contributed by atoms with Crippen LogP contribution in [-0.2, 0) is 4.74 Å². The molecular weight excluding hydrogens is 412 g/mol. The highest BCUT2D eigenvalue weighted by Crippen LogP contribution is 2.52. The number of rotatable bonds is 9. The smallest absolute Gasteiger partial charge is 0.0602 e. The van der Waals surface area contributed by atoms with E-state index in [9.17, 15) is 0 Å². The third kappa shape index (κ3) is 6.63. The van der Waals surface area contributed by atoms with Crippen LogP contribution in [0.2, 0.25) is 0 Å². The van der Waals surface area contributed by atoms with Gasteiger partial charge in [0.1, 0.15) is 0 Å². The summed E-state index contributed by atoms with van der Waals surface area (Å²) in [6.45, 7) is 7.25. The Kier molecular flexibility index (Phi) is 10.7. The quantitative estimate of drug-likeness (QED) is 0.324. The van der Waals surface area contributed by atoms with Crippen molar-refractivity contribution in [1.82, 2.24) is 0 Å². The highest BCUT2D eigenvalue weighted by Gasteiger charge is 2.44. The van der Waals surface area contributed by atoms with Crippen LogP contribution in [0.4, 0.5) is 0 Å². The van der Waals surface area contributed by atoms with Gasteiger partial charge in [0.2, 0.25) is 0 Å². The van der Waals surface area contributed by atoms with E-state index in [-0.39, 0.29) is 0 Å². The lowest BCUT2D eigenvalue weighted by atomic mass is 9.57. The van der Waals surface area contributed by atoms with Crippen LogP contribution in [0.25, 0.3) is 0 Å². The Morgan fingerprint density at radius 2 is 1.00 bits per heavy atom. The van der Waals surface area contributed by atoms with Gasteiger partial charge in [-0.2, -0.15) is 0 Å². The molecule has 0 radical (unpaired) electrons. The molecular formula is C33H60O. The number of hydrogen-bond acceptors (Lipinski definition) is 1. The minimum absolute atomic E-state index is 0.547. The monoisotopic (exact) mass is 472 g/mol. The molecule has 4 aliphatic carbocycles. The van der Waals surface area contributed by atoms with Gasteiger partial charge in [-0.25, -0.2) is 0 Å². The fourth-order valence-electron chi connectivity index (χ4n) is 9.86. The van der Waals surface area contributed by atoms with Crippen molar-refractivity contribution in [3.63, 3.8) is 0 Å². The van der Waals surface area contributed by atoms with E-state index < -0.39 is 0 Å². The highest BCUT2D eigenvalue weighted by molar-refractivity contribution is 4.94. The van der Waals surface area contributed by atoms with E-state index in [0.717, 1.165) is 53.3 Å². The van der Waals surface area contributed by atoms with Crippen LogP contribution in [0.5, 0.6) is 0 Å². The Bertz CT molecular complexity index is 505. The van der Waals surface area contributed by atoms with Gasteiger partial charge in [-0.05, 0) is 117 Å². The minimum Gasteiger partial charge on any atom is -0.381 e. The Balaban J connectivity index is 1.38. The second-order valence-corrected chi connectivity index (χ2v) is 13.6. The summed E-state index contributed by atoms with van der Waals surface area (Å²) in [6, 6.07) is 0. The molecule has 1 heteroatoms. The van der Waals surface area contributed by atoms with Gasteiger partial charge >= 0.3 is 0 Å². The van der Waals surface area contributed by atoms with Gasteiger partial charge in [0.25, 0.3) is 0 Å². The first-order chi connectivity index (χ1) is 16.7. The Labute approximate surface area is 214 Å². The van der Waals surface area contributed by atoms with Crippen molar-refractivity contribution in [3.05, 3.63) is 0 Å². The van der Waals surface area contributed by atoms with E-state index in [1.165, 1.54) is 103 Å². The maximum Gasteiger partial charge on any atom is 0.0602 e. The molecule has 1 nitrogen and oxygen atoms in total. The fourth-order valence-corrected chi connectivity index (χ4v) is 9.86. The van der Waals surface area contributed by atoms with Gasteiger partial charge in [0.15, 0.2) is 0 Å². The summed E-state index contributed by atoms with van der Waals surface area (Å²) < 4.78 is 6.26. The van der Waals surface area contributed by atoms with Crippen LogP contribution in [-0.4, -0.2) is 13.2 Å². The van der Waals surface area contributed by atoms with Crippen molar-refractivity contribution in [3.8, 4) is 0 Å². The normalized spacial score (nSPS) is 44.1. The van der Waals surface area contributed by atoms with E-state index >= 15 is 0 Å². The lowest BCUT2D eigenvalue weighted by Crippen LogP contribution is -2.43. The maximum absolute atomic E-state index is 6.26. The van der Waals surface area contributed by atoms with Crippen LogP contribution in [0.15, 0.2) is 0 Å². The summed E-state index contributed by atoms with van der Waals surface area (Å²) in [6.07, 6.45) is 28.8. The van der Waals surface area contributed by atoms with Crippen LogP contribution >= 0.6 is 0 Å². The molecule has 0 aromatic rings. The second kappa shape index (κ2) is 13.5.